The lowest BCUT2D eigenvalue weighted by molar-refractivity contribution is -0.139. The van der Waals surface area contributed by atoms with Crippen LogP contribution in [-0.4, -0.2) is 56.9 Å². The zero-order chi connectivity index (χ0) is 17.5. The summed E-state index contributed by atoms with van der Waals surface area (Å²) in [6.45, 7) is 3.43. The number of aliphatic carboxylic acids is 1. The molecular weight excluding hydrogens is 328 g/mol. The first-order valence-corrected chi connectivity index (χ1v) is 8.62. The molecular formula is C12H22N4O6S. The van der Waals surface area contributed by atoms with Crippen molar-refractivity contribution in [3.05, 3.63) is 0 Å². The standard InChI is InChI=1S/C12H22N4O6S/c1-8(2)6-15-23(20,21)16-10(12(18)19)7-13-11(17)5-9-3-4-14-22-9/h4,8-10,15-16H,3,5-7H2,1-2H3,(H,13,17)(H,18,19)/t9-,10-/m0/s1. The number of hydrogen-bond acceptors (Lipinski definition) is 6. The molecule has 0 bridgehead atoms. The number of hydrogen-bond donors (Lipinski definition) is 4. The molecule has 11 heteroatoms. The van der Waals surface area contributed by atoms with E-state index in [2.05, 4.69) is 15.2 Å². The van der Waals surface area contributed by atoms with Gasteiger partial charge < -0.3 is 15.3 Å². The minimum Gasteiger partial charge on any atom is -0.480 e. The maximum Gasteiger partial charge on any atom is 0.323 e. The Labute approximate surface area is 134 Å². The summed E-state index contributed by atoms with van der Waals surface area (Å²) < 4.78 is 27.7. The summed E-state index contributed by atoms with van der Waals surface area (Å²) in [6.07, 6.45) is 1.68. The van der Waals surface area contributed by atoms with Crippen LogP contribution in [0.5, 0.6) is 0 Å². The molecule has 132 valence electrons. The van der Waals surface area contributed by atoms with Gasteiger partial charge in [0.2, 0.25) is 5.91 Å². The van der Waals surface area contributed by atoms with Crippen molar-refractivity contribution >= 4 is 28.3 Å². The number of carboxylic acid groups (broad SMARTS) is 1. The summed E-state index contributed by atoms with van der Waals surface area (Å²) in [5, 5.41) is 15.0. The molecule has 0 fully saturated rings. The molecule has 0 aromatic rings. The van der Waals surface area contributed by atoms with Crippen LogP contribution in [0.25, 0.3) is 0 Å². The van der Waals surface area contributed by atoms with Crippen molar-refractivity contribution in [1.82, 2.24) is 14.8 Å². The number of amides is 1. The van der Waals surface area contributed by atoms with E-state index in [-0.39, 0.29) is 31.5 Å². The van der Waals surface area contributed by atoms with Gasteiger partial charge in [0.15, 0.2) is 0 Å². The van der Waals surface area contributed by atoms with Gasteiger partial charge >= 0.3 is 5.97 Å². The van der Waals surface area contributed by atoms with E-state index >= 15 is 0 Å². The lowest BCUT2D eigenvalue weighted by Crippen LogP contribution is -2.52. The quantitative estimate of drug-likeness (QED) is 0.389. The first-order valence-electron chi connectivity index (χ1n) is 7.13. The zero-order valence-corrected chi connectivity index (χ0v) is 13.8. The number of oxime groups is 1. The van der Waals surface area contributed by atoms with Gasteiger partial charge in [0.25, 0.3) is 10.2 Å². The van der Waals surface area contributed by atoms with Crippen molar-refractivity contribution in [2.45, 2.75) is 38.8 Å². The van der Waals surface area contributed by atoms with Gasteiger partial charge in [0, 0.05) is 25.7 Å². The fourth-order valence-electron chi connectivity index (χ4n) is 1.63. The van der Waals surface area contributed by atoms with Gasteiger partial charge in [-0.15, -0.1) is 0 Å². The summed E-state index contributed by atoms with van der Waals surface area (Å²) in [4.78, 5) is 27.7. The van der Waals surface area contributed by atoms with Crippen molar-refractivity contribution in [2.24, 2.45) is 11.1 Å². The Morgan fingerprint density at radius 2 is 2.09 bits per heavy atom. The molecule has 2 atom stereocenters. The third kappa shape index (κ3) is 7.90. The molecule has 0 saturated carbocycles. The van der Waals surface area contributed by atoms with Gasteiger partial charge in [-0.2, -0.15) is 13.1 Å². The number of nitrogens with one attached hydrogen (secondary N) is 3. The topological polar surface area (TPSA) is 146 Å². The third-order valence-electron chi connectivity index (χ3n) is 2.85. The average Bonchev–Trinajstić information content (AvgIpc) is 2.94. The number of carbonyl (C=O) groups is 2. The molecule has 23 heavy (non-hydrogen) atoms. The van der Waals surface area contributed by atoms with Gasteiger partial charge in [-0.05, 0) is 5.92 Å². The molecule has 4 N–H and O–H groups in total. The normalized spacial score (nSPS) is 18.7. The minimum absolute atomic E-state index is 0.0185. The van der Waals surface area contributed by atoms with Crippen LogP contribution in [0, 0.1) is 5.92 Å². The minimum atomic E-state index is -3.97. The Hall–Kier alpha value is -1.72. The van der Waals surface area contributed by atoms with Gasteiger partial charge in [-0.3, -0.25) is 9.59 Å². The molecule has 0 radical (unpaired) electrons. The summed E-state index contributed by atoms with van der Waals surface area (Å²) >= 11 is 0. The van der Waals surface area contributed by atoms with Crippen molar-refractivity contribution in [1.29, 1.82) is 0 Å². The molecule has 0 aliphatic carbocycles. The summed E-state index contributed by atoms with van der Waals surface area (Å²) in [5.74, 6) is -1.76. The van der Waals surface area contributed by atoms with E-state index in [9.17, 15) is 18.0 Å². The molecule has 1 heterocycles. The van der Waals surface area contributed by atoms with Crippen molar-refractivity contribution in [3.8, 4) is 0 Å². The van der Waals surface area contributed by atoms with Crippen LogP contribution in [0.2, 0.25) is 0 Å². The molecule has 0 saturated heterocycles. The fourth-order valence-corrected chi connectivity index (χ4v) is 2.83. The Bertz CT molecular complexity index is 540. The maximum absolute atomic E-state index is 11.7. The molecule has 0 aromatic heterocycles. The van der Waals surface area contributed by atoms with E-state index in [1.807, 2.05) is 18.6 Å². The van der Waals surface area contributed by atoms with Crippen LogP contribution in [0.3, 0.4) is 0 Å². The number of rotatable bonds is 10. The van der Waals surface area contributed by atoms with Crippen molar-refractivity contribution in [3.63, 3.8) is 0 Å². The molecule has 1 aliphatic heterocycles. The summed E-state index contributed by atoms with van der Waals surface area (Å²) in [5.41, 5.74) is 0. The molecule has 0 unspecified atom stereocenters. The molecule has 0 aromatic carbocycles. The van der Waals surface area contributed by atoms with Gasteiger partial charge in [-0.25, -0.2) is 4.72 Å². The number of carbonyl (C=O) groups excluding carboxylic acids is 1. The third-order valence-corrected chi connectivity index (χ3v) is 3.99. The molecule has 1 rings (SSSR count). The highest BCUT2D eigenvalue weighted by atomic mass is 32.2. The first kappa shape index (κ1) is 19.3. The van der Waals surface area contributed by atoms with Crippen LogP contribution < -0.4 is 14.8 Å². The Kier molecular flexibility index (Phi) is 7.39. The van der Waals surface area contributed by atoms with Gasteiger partial charge in [0.1, 0.15) is 12.1 Å². The van der Waals surface area contributed by atoms with Crippen LogP contribution in [-0.2, 0) is 24.6 Å². The monoisotopic (exact) mass is 350 g/mol. The lowest BCUT2D eigenvalue weighted by atomic mass is 10.2. The zero-order valence-electron chi connectivity index (χ0n) is 13.0. The highest BCUT2D eigenvalue weighted by Crippen LogP contribution is 2.08. The van der Waals surface area contributed by atoms with Crippen LogP contribution in [0.15, 0.2) is 5.16 Å². The predicted molar refractivity (Wildman–Crippen MR) is 81.9 cm³/mol. The van der Waals surface area contributed by atoms with E-state index in [1.54, 1.807) is 0 Å². The number of carboxylic acids is 1. The summed E-state index contributed by atoms with van der Waals surface area (Å²) in [7, 11) is -3.97. The van der Waals surface area contributed by atoms with Gasteiger partial charge in [0.05, 0.1) is 6.42 Å². The highest BCUT2D eigenvalue weighted by molar-refractivity contribution is 7.87. The highest BCUT2D eigenvalue weighted by Gasteiger charge is 2.25. The largest absolute Gasteiger partial charge is 0.480 e. The number of nitrogens with zero attached hydrogens (tertiary/aromatic N) is 1. The average molecular weight is 350 g/mol. The second-order valence-corrected chi connectivity index (χ2v) is 7.04. The van der Waals surface area contributed by atoms with E-state index in [1.165, 1.54) is 6.21 Å². The fraction of sp³-hybridized carbons (Fsp3) is 0.750. The van der Waals surface area contributed by atoms with Crippen molar-refractivity contribution < 1.29 is 28.0 Å². The van der Waals surface area contributed by atoms with Crippen LogP contribution >= 0.6 is 0 Å². The molecule has 10 nitrogen and oxygen atoms in total. The Balaban J connectivity index is 2.45. The smallest absolute Gasteiger partial charge is 0.323 e. The van der Waals surface area contributed by atoms with Crippen LogP contribution in [0.1, 0.15) is 26.7 Å². The second-order valence-electron chi connectivity index (χ2n) is 5.51. The Morgan fingerprint density at radius 3 is 2.61 bits per heavy atom. The van der Waals surface area contributed by atoms with Crippen molar-refractivity contribution in [2.75, 3.05) is 13.1 Å². The van der Waals surface area contributed by atoms with E-state index in [0.717, 1.165) is 0 Å². The maximum atomic E-state index is 11.7. The Morgan fingerprint density at radius 1 is 1.39 bits per heavy atom. The van der Waals surface area contributed by atoms with E-state index in [0.29, 0.717) is 6.42 Å². The first-order chi connectivity index (χ1) is 10.7. The lowest BCUT2D eigenvalue weighted by Gasteiger charge is -2.17. The summed E-state index contributed by atoms with van der Waals surface area (Å²) in [6, 6.07) is -1.47. The van der Waals surface area contributed by atoms with E-state index in [4.69, 9.17) is 9.94 Å². The molecule has 1 aliphatic rings. The molecule has 1 amide bonds. The van der Waals surface area contributed by atoms with Gasteiger partial charge in [-0.1, -0.05) is 19.0 Å². The predicted octanol–water partition coefficient (Wildman–Crippen LogP) is -1.20. The van der Waals surface area contributed by atoms with Crippen LogP contribution in [0.4, 0.5) is 0 Å². The molecule has 0 spiro atoms. The van der Waals surface area contributed by atoms with E-state index < -0.39 is 28.1 Å². The second kappa shape index (κ2) is 8.79. The SMILES string of the molecule is CC(C)CNS(=O)(=O)N[C@@H](CNC(=O)C[C@@H]1CC=NO1)C(=O)O.